The third kappa shape index (κ3) is 19.1. The molecule has 8 heterocycles. The Morgan fingerprint density at radius 3 is 1.34 bits per heavy atom. The predicted molar refractivity (Wildman–Crippen MR) is 413 cm³/mol. The molecule has 0 amide bonds. The lowest BCUT2D eigenvalue weighted by Crippen LogP contribution is -2.39. The standard InChI is InChI=1S/C19H26N6O3.C19H26N6O.C19H25N5O2.C18H24N6O3/c1-12-9-15(28-6)7-8-16(12)25-19-17(22-23-25)18(20-13(2)21-19)24(3)14(10-26-4)11-27-5;1-7-15(10-26-6)25-19-17(23-24-25)18(20-14(5)21-19)22-16-12(3)8-11(2)9-13(16)4;1-6-14(11-25-4)21-19-18-17(10-13(3)20-19)24(23-22-18)16-8-7-15(26-5)9-12(16)2;1-11-8-14(27-5)6-7-15(11)24-18-16(22-23-24)17(19-12(2)20-18)21-13(9-25-3)10-26-4/h7-9,14H,10-11H2,1-6H3;8-9,15H,7,10H2,1-6H3,(H,20,21,22);7-10,14H,6,11H2,1-5H3,(H,20,21);6-8,13H,9-10H2,1-5H3,(H,19,20,21). The number of aryl methyl sites for hydroxylation is 10. The number of nitrogens with zero attached hydrogens (tertiary/aromatic N) is 20. The number of methoxy groups -OCH3 is 9. The molecule has 2 unspecified atom stereocenters. The monoisotopic (exact) mass is 1470 g/mol. The first-order valence-corrected chi connectivity index (χ1v) is 35.1. The average molecular weight is 1470 g/mol. The lowest BCUT2D eigenvalue weighted by Gasteiger charge is -2.28. The smallest absolute Gasteiger partial charge is 0.189 e. The summed E-state index contributed by atoms with van der Waals surface area (Å²) in [4.78, 5) is 34.0. The summed E-state index contributed by atoms with van der Waals surface area (Å²) in [5, 5.41) is 45.0. The topological polar surface area (TPSA) is 335 Å². The molecule has 12 aromatic rings. The largest absolute Gasteiger partial charge is 0.497 e. The maximum Gasteiger partial charge on any atom is 0.189 e. The number of hydrogen-bond donors (Lipinski definition) is 3. The van der Waals surface area contributed by atoms with Gasteiger partial charge in [-0.15, -0.1) is 20.4 Å². The van der Waals surface area contributed by atoms with Gasteiger partial charge in [-0.1, -0.05) is 52.4 Å². The van der Waals surface area contributed by atoms with E-state index in [9.17, 15) is 0 Å². The van der Waals surface area contributed by atoms with Gasteiger partial charge in [0.2, 0.25) is 0 Å². The molecular weight excluding hydrogens is 1370 g/mol. The second kappa shape index (κ2) is 37.5. The second-order valence-electron chi connectivity index (χ2n) is 25.9. The van der Waals surface area contributed by atoms with Crippen molar-refractivity contribution >= 4 is 73.5 Å². The summed E-state index contributed by atoms with van der Waals surface area (Å²) in [7, 11) is 16.9. The number of pyridine rings is 1. The Kier molecular flexibility index (Phi) is 28.1. The third-order valence-electron chi connectivity index (χ3n) is 17.7. The van der Waals surface area contributed by atoms with Crippen molar-refractivity contribution in [1.29, 1.82) is 0 Å². The normalized spacial score (nSPS) is 11.9. The van der Waals surface area contributed by atoms with E-state index < -0.39 is 0 Å². The van der Waals surface area contributed by atoms with Crippen LogP contribution in [0.15, 0.2) is 72.8 Å². The number of ether oxygens (including phenoxy) is 9. The van der Waals surface area contributed by atoms with E-state index in [2.05, 4.69) is 139 Å². The number of fused-ring (bicyclic) bond motifs is 4. The van der Waals surface area contributed by atoms with Crippen LogP contribution in [0.5, 0.6) is 17.2 Å². The number of likely N-dealkylation sites (N-methyl/N-ethyl adjacent to an activating group) is 1. The molecule has 0 fully saturated rings. The van der Waals surface area contributed by atoms with E-state index in [0.29, 0.717) is 102 Å². The quantitative estimate of drug-likeness (QED) is 0.0392. The molecule has 0 spiro atoms. The molecule has 0 saturated heterocycles. The van der Waals surface area contributed by atoms with Crippen LogP contribution in [-0.2, 0) is 28.4 Å². The Bertz CT molecular complexity index is 4910. The zero-order valence-corrected chi connectivity index (χ0v) is 65.5. The van der Waals surface area contributed by atoms with Crippen molar-refractivity contribution in [1.82, 2.24) is 94.9 Å². The molecular formula is C75H101N23O9. The van der Waals surface area contributed by atoms with E-state index in [4.69, 9.17) is 42.6 Å². The fourth-order valence-corrected chi connectivity index (χ4v) is 12.3. The Balaban J connectivity index is 0.000000165. The van der Waals surface area contributed by atoms with Gasteiger partial charge in [0.05, 0.1) is 102 Å². The number of rotatable bonds is 29. The average Bonchev–Trinajstić information content (AvgIpc) is 1.67. The molecule has 32 nitrogen and oxygen atoms in total. The Labute approximate surface area is 623 Å². The van der Waals surface area contributed by atoms with Gasteiger partial charge in [-0.25, -0.2) is 44.3 Å². The first kappa shape index (κ1) is 80.3. The highest BCUT2D eigenvalue weighted by Gasteiger charge is 2.26. The lowest BCUT2D eigenvalue weighted by atomic mass is 10.1. The highest BCUT2D eigenvalue weighted by Crippen LogP contribution is 2.33. The van der Waals surface area contributed by atoms with Crippen LogP contribution >= 0.6 is 0 Å². The van der Waals surface area contributed by atoms with Crippen molar-refractivity contribution in [3.63, 3.8) is 0 Å². The van der Waals surface area contributed by atoms with E-state index in [1.165, 1.54) is 16.7 Å². The minimum Gasteiger partial charge on any atom is -0.497 e. The van der Waals surface area contributed by atoms with Crippen molar-refractivity contribution in [2.45, 2.75) is 120 Å². The highest BCUT2D eigenvalue weighted by molar-refractivity contribution is 5.88. The molecule has 0 saturated carbocycles. The molecule has 3 N–H and O–H groups in total. The maximum absolute atomic E-state index is 5.34. The van der Waals surface area contributed by atoms with Crippen molar-refractivity contribution in [3.8, 4) is 34.3 Å². The summed E-state index contributed by atoms with van der Waals surface area (Å²) >= 11 is 0. The summed E-state index contributed by atoms with van der Waals surface area (Å²) in [6.45, 7) is 27.2. The van der Waals surface area contributed by atoms with Gasteiger partial charge >= 0.3 is 0 Å². The molecule has 32 heteroatoms. The molecule has 0 aliphatic carbocycles. The van der Waals surface area contributed by atoms with Gasteiger partial charge in [0.25, 0.3) is 0 Å². The third-order valence-corrected chi connectivity index (χ3v) is 17.7. The number of hydrogen-bond acceptors (Lipinski definition) is 28. The molecule has 2 atom stereocenters. The minimum absolute atomic E-state index is 0.0135. The van der Waals surface area contributed by atoms with E-state index in [-0.39, 0.29) is 24.2 Å². The van der Waals surface area contributed by atoms with Crippen LogP contribution in [-0.4, -0.2) is 224 Å². The predicted octanol–water partition coefficient (Wildman–Crippen LogP) is 10.9. The van der Waals surface area contributed by atoms with E-state index >= 15 is 0 Å². The van der Waals surface area contributed by atoms with Gasteiger partial charge in [-0.05, 0) is 171 Å². The van der Waals surface area contributed by atoms with Crippen LogP contribution in [0.3, 0.4) is 0 Å². The molecule has 0 aliphatic rings. The molecule has 8 aromatic heterocycles. The van der Waals surface area contributed by atoms with Gasteiger partial charge in [0.1, 0.15) is 40.2 Å². The number of benzene rings is 4. The SMILES string of the molecule is CCC(COC)Nc1nc(C)cc2c1nnn2-c1ccc(OC)cc1C.CCC(COC)n1nnc2c(Nc3c(C)cc(C)cc3C)nc(C)nc21.COCC(COC)N(C)c1nc(C)nc2c1nnn2-c1ccc(OC)cc1C.COCC(COC)Nc1nc(C)nc2c1nnn2-c1ccc(OC)cc1C. The van der Waals surface area contributed by atoms with Crippen LogP contribution in [0, 0.1) is 69.2 Å². The molecule has 12 rings (SSSR count). The zero-order chi connectivity index (χ0) is 77.2. The van der Waals surface area contributed by atoms with E-state index in [1.807, 2.05) is 130 Å². The summed E-state index contributed by atoms with van der Waals surface area (Å²) in [5.74, 6) is 7.05. The molecule has 570 valence electrons. The first-order valence-electron chi connectivity index (χ1n) is 35.1. The number of anilines is 5. The van der Waals surface area contributed by atoms with E-state index in [1.54, 1.807) is 73.4 Å². The molecule has 0 aliphatic heterocycles. The van der Waals surface area contributed by atoms with Crippen molar-refractivity contribution in [2.24, 2.45) is 0 Å². The van der Waals surface area contributed by atoms with Crippen molar-refractivity contribution in [2.75, 3.05) is 132 Å². The molecule has 107 heavy (non-hydrogen) atoms. The maximum atomic E-state index is 5.34. The Hall–Kier alpha value is -10.8. The van der Waals surface area contributed by atoms with Crippen molar-refractivity contribution < 1.29 is 42.6 Å². The Morgan fingerprint density at radius 2 is 0.832 bits per heavy atom. The van der Waals surface area contributed by atoms with Crippen LogP contribution in [0.4, 0.5) is 29.0 Å². The van der Waals surface area contributed by atoms with Gasteiger partial charge in [-0.3, -0.25) is 0 Å². The number of nitrogens with one attached hydrogen (secondary N) is 3. The van der Waals surface area contributed by atoms with Crippen LogP contribution in [0.25, 0.3) is 61.6 Å². The van der Waals surface area contributed by atoms with Gasteiger partial charge in [0, 0.05) is 61.1 Å². The minimum atomic E-state index is -0.0645. The summed E-state index contributed by atoms with van der Waals surface area (Å²) < 4.78 is 54.8. The summed E-state index contributed by atoms with van der Waals surface area (Å²) in [6.07, 6.45) is 1.81. The molecule has 4 aromatic carbocycles. The molecule has 0 radical (unpaired) electrons. The zero-order valence-electron chi connectivity index (χ0n) is 65.5. The lowest BCUT2D eigenvalue weighted by molar-refractivity contribution is 0.117. The number of aromatic nitrogens is 19. The summed E-state index contributed by atoms with van der Waals surface area (Å²) in [5.41, 5.74) is 16.9. The van der Waals surface area contributed by atoms with Gasteiger partial charge in [0.15, 0.2) is 62.3 Å². The summed E-state index contributed by atoms with van der Waals surface area (Å²) in [6, 6.07) is 24.0. The fourth-order valence-electron chi connectivity index (χ4n) is 12.3. The van der Waals surface area contributed by atoms with Crippen LogP contribution < -0.4 is 35.1 Å². The first-order chi connectivity index (χ1) is 51.6. The van der Waals surface area contributed by atoms with E-state index in [0.717, 1.165) is 97.7 Å². The second-order valence-corrected chi connectivity index (χ2v) is 25.9. The van der Waals surface area contributed by atoms with Crippen LogP contribution in [0.2, 0.25) is 0 Å². The fraction of sp³-hybridized carbons (Fsp3) is 0.453. The van der Waals surface area contributed by atoms with Crippen LogP contribution in [0.1, 0.15) is 89.3 Å². The molecule has 0 bridgehead atoms. The van der Waals surface area contributed by atoms with Gasteiger partial charge in [-0.2, -0.15) is 9.36 Å². The Morgan fingerprint density at radius 1 is 0.402 bits per heavy atom. The van der Waals surface area contributed by atoms with Crippen molar-refractivity contribution in [3.05, 3.63) is 129 Å². The highest BCUT2D eigenvalue weighted by atomic mass is 16.5. The van der Waals surface area contributed by atoms with Gasteiger partial charge < -0.3 is 63.5 Å².